The molecule has 0 fully saturated rings. The zero-order valence-electron chi connectivity index (χ0n) is 10.5. The summed E-state index contributed by atoms with van der Waals surface area (Å²) in [7, 11) is 0. The maximum absolute atomic E-state index is 11.4. The fraction of sp³-hybridized carbons (Fsp3) is 0.455. The Bertz CT molecular complexity index is 560. The summed E-state index contributed by atoms with van der Waals surface area (Å²) in [6.45, 7) is 1.83. The number of carbonyl (C=O) groups is 2. The molecule has 0 saturated heterocycles. The third-order valence-electron chi connectivity index (χ3n) is 2.21. The molecule has 0 radical (unpaired) electrons. The van der Waals surface area contributed by atoms with E-state index >= 15 is 0 Å². The number of amides is 1. The molecule has 2 N–H and O–H groups in total. The topological polar surface area (TPSA) is 110 Å². The fourth-order valence-corrected chi connectivity index (χ4v) is 1.31. The van der Waals surface area contributed by atoms with Crippen LogP contribution in [0.2, 0.25) is 0 Å². The third kappa shape index (κ3) is 5.19. The summed E-state index contributed by atoms with van der Waals surface area (Å²) in [5, 5.41) is 2.37. The van der Waals surface area contributed by atoms with E-state index < -0.39 is 17.2 Å². The number of nitrogens with one attached hydrogen (secondary N) is 2. The highest BCUT2D eigenvalue weighted by molar-refractivity contribution is 5.81. The predicted octanol–water partition coefficient (Wildman–Crippen LogP) is -1.39. The second-order valence-electron chi connectivity index (χ2n) is 3.64. The van der Waals surface area contributed by atoms with Crippen molar-refractivity contribution in [1.29, 1.82) is 0 Å². The molecule has 1 amide bonds. The lowest BCUT2D eigenvalue weighted by Gasteiger charge is -2.06. The second kappa shape index (κ2) is 7.14. The number of ether oxygens (including phenoxy) is 1. The molecule has 1 heterocycles. The number of rotatable bonds is 6. The molecule has 0 aromatic carbocycles. The van der Waals surface area contributed by atoms with Crippen LogP contribution in [0.15, 0.2) is 21.9 Å². The summed E-state index contributed by atoms with van der Waals surface area (Å²) in [6, 6.07) is 1.19. The molecule has 0 unspecified atom stereocenters. The van der Waals surface area contributed by atoms with Gasteiger partial charge in [0.1, 0.15) is 6.54 Å². The molecule has 0 spiro atoms. The van der Waals surface area contributed by atoms with Crippen molar-refractivity contribution in [2.75, 3.05) is 13.2 Å². The van der Waals surface area contributed by atoms with Crippen LogP contribution >= 0.6 is 0 Å². The van der Waals surface area contributed by atoms with Crippen molar-refractivity contribution in [3.63, 3.8) is 0 Å². The van der Waals surface area contributed by atoms with Gasteiger partial charge in [-0.3, -0.25) is 19.4 Å². The number of hydrogen-bond donors (Lipinski definition) is 2. The van der Waals surface area contributed by atoms with Crippen LogP contribution in [0.5, 0.6) is 0 Å². The molecule has 104 valence electrons. The maximum Gasteiger partial charge on any atom is 0.328 e. The van der Waals surface area contributed by atoms with Gasteiger partial charge in [-0.15, -0.1) is 0 Å². The Hall–Kier alpha value is -2.38. The first kappa shape index (κ1) is 14.7. The van der Waals surface area contributed by atoms with Crippen molar-refractivity contribution in [3.05, 3.63) is 33.1 Å². The number of hydrogen-bond acceptors (Lipinski definition) is 5. The number of nitrogens with zero attached hydrogens (tertiary/aromatic N) is 1. The summed E-state index contributed by atoms with van der Waals surface area (Å²) < 4.78 is 5.84. The van der Waals surface area contributed by atoms with Gasteiger partial charge in [-0.1, -0.05) is 0 Å². The van der Waals surface area contributed by atoms with Gasteiger partial charge in [-0.05, 0) is 6.92 Å². The molecule has 0 aliphatic carbocycles. The lowest BCUT2D eigenvalue weighted by Crippen LogP contribution is -2.33. The van der Waals surface area contributed by atoms with Gasteiger partial charge >= 0.3 is 11.7 Å². The SMILES string of the molecule is CCOC(=O)CNC(=O)CCn1ccc(=O)[nH]c1=O. The Labute approximate surface area is 108 Å². The van der Waals surface area contributed by atoms with E-state index in [1.54, 1.807) is 6.92 Å². The summed E-state index contributed by atoms with van der Waals surface area (Å²) in [4.78, 5) is 46.6. The highest BCUT2D eigenvalue weighted by Crippen LogP contribution is 1.86. The largest absolute Gasteiger partial charge is 0.465 e. The second-order valence-corrected chi connectivity index (χ2v) is 3.64. The minimum Gasteiger partial charge on any atom is -0.465 e. The Balaban J connectivity index is 2.40. The molecule has 19 heavy (non-hydrogen) atoms. The Kier molecular flexibility index (Phi) is 5.52. The Morgan fingerprint density at radius 3 is 2.79 bits per heavy atom. The molecule has 0 bridgehead atoms. The summed E-state index contributed by atoms with van der Waals surface area (Å²) in [5.74, 6) is -0.900. The number of aryl methyl sites for hydroxylation is 1. The smallest absolute Gasteiger partial charge is 0.328 e. The summed E-state index contributed by atoms with van der Waals surface area (Å²) >= 11 is 0. The lowest BCUT2D eigenvalue weighted by atomic mass is 10.4. The van der Waals surface area contributed by atoms with Gasteiger partial charge < -0.3 is 14.6 Å². The highest BCUT2D eigenvalue weighted by Gasteiger charge is 2.06. The van der Waals surface area contributed by atoms with E-state index in [-0.39, 0.29) is 32.0 Å². The highest BCUT2D eigenvalue weighted by atomic mass is 16.5. The van der Waals surface area contributed by atoms with E-state index in [1.807, 2.05) is 0 Å². The number of aromatic amines is 1. The Morgan fingerprint density at radius 2 is 2.16 bits per heavy atom. The first-order chi connectivity index (χ1) is 9.02. The average Bonchev–Trinajstić information content (AvgIpc) is 2.35. The standard InChI is InChI=1S/C11H15N3O5/c1-2-19-10(17)7-12-8(15)3-5-14-6-4-9(16)13-11(14)18/h4,6H,2-3,5,7H2,1H3,(H,12,15)(H,13,16,18). The van der Waals surface area contributed by atoms with Crippen molar-refractivity contribution < 1.29 is 14.3 Å². The molecular weight excluding hydrogens is 254 g/mol. The van der Waals surface area contributed by atoms with Gasteiger partial charge in [0.2, 0.25) is 5.91 Å². The van der Waals surface area contributed by atoms with Crippen molar-refractivity contribution in [3.8, 4) is 0 Å². The Morgan fingerprint density at radius 1 is 1.42 bits per heavy atom. The summed E-state index contributed by atoms with van der Waals surface area (Å²) in [6.07, 6.45) is 1.32. The number of aromatic nitrogens is 2. The first-order valence-corrected chi connectivity index (χ1v) is 5.75. The van der Waals surface area contributed by atoms with Crippen LogP contribution in [0.3, 0.4) is 0 Å². The van der Waals surface area contributed by atoms with Gasteiger partial charge in [-0.25, -0.2) is 4.79 Å². The quantitative estimate of drug-likeness (QED) is 0.617. The van der Waals surface area contributed by atoms with Crippen LogP contribution in [0.4, 0.5) is 0 Å². The maximum atomic E-state index is 11.4. The monoisotopic (exact) mass is 269 g/mol. The van der Waals surface area contributed by atoms with Crippen molar-refractivity contribution in [1.82, 2.24) is 14.9 Å². The van der Waals surface area contributed by atoms with Gasteiger partial charge in [0, 0.05) is 25.2 Å². The number of esters is 1. The average molecular weight is 269 g/mol. The van der Waals surface area contributed by atoms with Crippen LogP contribution in [0, 0.1) is 0 Å². The molecule has 0 aliphatic heterocycles. The zero-order valence-corrected chi connectivity index (χ0v) is 10.5. The van der Waals surface area contributed by atoms with Crippen molar-refractivity contribution >= 4 is 11.9 Å². The van der Waals surface area contributed by atoms with Gasteiger partial charge in [-0.2, -0.15) is 0 Å². The minimum atomic E-state index is -0.578. The minimum absolute atomic E-state index is 0.0192. The first-order valence-electron chi connectivity index (χ1n) is 5.75. The molecule has 8 heteroatoms. The number of H-pyrrole nitrogens is 1. The molecule has 0 aliphatic rings. The van der Waals surface area contributed by atoms with Crippen molar-refractivity contribution in [2.24, 2.45) is 0 Å². The third-order valence-corrected chi connectivity index (χ3v) is 2.21. The van der Waals surface area contributed by atoms with Crippen molar-refractivity contribution in [2.45, 2.75) is 19.9 Å². The van der Waals surface area contributed by atoms with Crippen LogP contribution < -0.4 is 16.6 Å². The molecule has 1 aromatic heterocycles. The zero-order chi connectivity index (χ0) is 14.3. The van der Waals surface area contributed by atoms with E-state index in [2.05, 4.69) is 15.0 Å². The molecular formula is C11H15N3O5. The molecule has 0 atom stereocenters. The van der Waals surface area contributed by atoms with E-state index in [4.69, 9.17) is 0 Å². The molecule has 8 nitrogen and oxygen atoms in total. The van der Waals surface area contributed by atoms with Gasteiger partial charge in [0.15, 0.2) is 0 Å². The van der Waals surface area contributed by atoms with Crippen LogP contribution in [-0.2, 0) is 20.9 Å². The normalized spacial score (nSPS) is 9.95. The molecule has 1 rings (SSSR count). The van der Waals surface area contributed by atoms with Crippen LogP contribution in [0.25, 0.3) is 0 Å². The van der Waals surface area contributed by atoms with E-state index in [9.17, 15) is 19.2 Å². The van der Waals surface area contributed by atoms with Crippen LogP contribution in [-0.4, -0.2) is 34.6 Å². The molecule has 1 aromatic rings. The predicted molar refractivity (Wildman–Crippen MR) is 65.6 cm³/mol. The lowest BCUT2D eigenvalue weighted by molar-refractivity contribution is -0.143. The van der Waals surface area contributed by atoms with E-state index in [0.29, 0.717) is 0 Å². The number of carbonyl (C=O) groups excluding carboxylic acids is 2. The summed E-state index contributed by atoms with van der Waals surface area (Å²) in [5.41, 5.74) is -1.07. The van der Waals surface area contributed by atoms with Gasteiger partial charge in [0.25, 0.3) is 5.56 Å². The fourth-order valence-electron chi connectivity index (χ4n) is 1.31. The molecule has 0 saturated carbocycles. The van der Waals surface area contributed by atoms with E-state index in [0.717, 1.165) is 0 Å². The van der Waals surface area contributed by atoms with E-state index in [1.165, 1.54) is 16.8 Å². The van der Waals surface area contributed by atoms with Gasteiger partial charge in [0.05, 0.1) is 6.61 Å². The van der Waals surface area contributed by atoms with Crippen LogP contribution in [0.1, 0.15) is 13.3 Å².